The molecule has 7 nitrogen and oxygen atoms in total. The highest BCUT2D eigenvalue weighted by molar-refractivity contribution is 6.07. The molecule has 0 unspecified atom stereocenters. The van der Waals surface area contributed by atoms with Crippen molar-refractivity contribution in [2.75, 3.05) is 33.4 Å². The Morgan fingerprint density at radius 1 is 1.10 bits per heavy atom. The predicted octanol–water partition coefficient (Wildman–Crippen LogP) is 2.67. The van der Waals surface area contributed by atoms with Crippen molar-refractivity contribution >= 4 is 11.9 Å². The van der Waals surface area contributed by atoms with E-state index >= 15 is 0 Å². The summed E-state index contributed by atoms with van der Waals surface area (Å²) in [5.41, 5.74) is 0.867. The fourth-order valence-electron chi connectivity index (χ4n) is 4.55. The molecule has 8 heteroatoms. The Balaban J connectivity index is 1.50. The Bertz CT molecular complexity index is 931. The monoisotopic (exact) mass is 426 g/mol. The van der Waals surface area contributed by atoms with E-state index in [1.54, 1.807) is 36.5 Å². The molecular weight excluding hydrogens is 399 g/mol. The van der Waals surface area contributed by atoms with Crippen LogP contribution >= 0.6 is 0 Å². The summed E-state index contributed by atoms with van der Waals surface area (Å²) in [5, 5.41) is 0. The van der Waals surface area contributed by atoms with Crippen molar-refractivity contribution in [1.82, 2.24) is 19.7 Å². The summed E-state index contributed by atoms with van der Waals surface area (Å²) >= 11 is 0. The smallest absolute Gasteiger partial charge is 0.328 e. The first-order valence-electron chi connectivity index (χ1n) is 10.5. The van der Waals surface area contributed by atoms with Gasteiger partial charge in [0.15, 0.2) is 0 Å². The number of pyridine rings is 1. The molecule has 0 saturated carbocycles. The van der Waals surface area contributed by atoms with E-state index in [9.17, 15) is 14.0 Å². The van der Waals surface area contributed by atoms with E-state index in [1.165, 1.54) is 17.0 Å². The number of hydrogen-bond acceptors (Lipinski definition) is 5. The molecule has 2 aliphatic rings. The molecule has 2 aliphatic heterocycles. The van der Waals surface area contributed by atoms with Crippen molar-refractivity contribution in [1.29, 1.82) is 0 Å². The minimum Gasteiger partial charge on any atom is -0.383 e. The second-order valence-corrected chi connectivity index (χ2v) is 8.12. The molecule has 4 rings (SSSR count). The van der Waals surface area contributed by atoms with Crippen LogP contribution in [0.3, 0.4) is 0 Å². The number of ether oxygens (including phenoxy) is 1. The quantitative estimate of drug-likeness (QED) is 0.637. The third kappa shape index (κ3) is 4.31. The van der Waals surface area contributed by atoms with Gasteiger partial charge in [-0.15, -0.1) is 0 Å². The zero-order chi connectivity index (χ0) is 21.8. The van der Waals surface area contributed by atoms with Gasteiger partial charge in [0.25, 0.3) is 5.91 Å². The minimum atomic E-state index is -0.851. The fourth-order valence-corrected chi connectivity index (χ4v) is 4.55. The number of imide groups is 1. The van der Waals surface area contributed by atoms with Gasteiger partial charge in [-0.3, -0.25) is 19.6 Å². The van der Waals surface area contributed by atoms with E-state index in [0.717, 1.165) is 11.1 Å². The number of piperidine rings is 1. The zero-order valence-electron chi connectivity index (χ0n) is 17.7. The fraction of sp³-hybridized carbons (Fsp3) is 0.435. The summed E-state index contributed by atoms with van der Waals surface area (Å²) in [6, 6.07) is 9.96. The predicted molar refractivity (Wildman–Crippen MR) is 112 cm³/mol. The summed E-state index contributed by atoms with van der Waals surface area (Å²) in [5.74, 6) is -0.401. The zero-order valence-corrected chi connectivity index (χ0v) is 17.7. The first-order valence-corrected chi connectivity index (χ1v) is 10.5. The van der Waals surface area contributed by atoms with E-state index in [-0.39, 0.29) is 24.3 Å². The number of aromatic nitrogens is 1. The second-order valence-electron chi connectivity index (χ2n) is 8.12. The molecule has 3 amide bonds. The van der Waals surface area contributed by atoms with Crippen LogP contribution in [0.5, 0.6) is 0 Å². The number of carbonyl (C=O) groups is 2. The third-order valence-corrected chi connectivity index (χ3v) is 6.18. The van der Waals surface area contributed by atoms with Crippen molar-refractivity contribution in [3.05, 3.63) is 65.7 Å². The minimum absolute atomic E-state index is 0.150. The van der Waals surface area contributed by atoms with Crippen molar-refractivity contribution in [2.24, 2.45) is 0 Å². The van der Waals surface area contributed by atoms with Crippen molar-refractivity contribution < 1.29 is 18.7 Å². The van der Waals surface area contributed by atoms with Gasteiger partial charge in [0, 0.05) is 45.7 Å². The van der Waals surface area contributed by atoms with E-state index in [1.807, 2.05) is 12.1 Å². The number of urea groups is 1. The molecule has 1 spiro atoms. The first kappa shape index (κ1) is 21.4. The number of amides is 3. The first-order chi connectivity index (χ1) is 15.0. The topological polar surface area (TPSA) is 66.0 Å². The van der Waals surface area contributed by atoms with Crippen molar-refractivity contribution in [3.63, 3.8) is 0 Å². The maximum absolute atomic E-state index is 13.5. The van der Waals surface area contributed by atoms with E-state index < -0.39 is 5.54 Å². The SMILES string of the molecule is COCCN1C(=O)N(Cc2cccnc2)C(=O)C12CCN(Cc1cccc(F)c1)CC2. The van der Waals surface area contributed by atoms with E-state index in [0.29, 0.717) is 45.6 Å². The van der Waals surface area contributed by atoms with Crippen LogP contribution < -0.4 is 0 Å². The van der Waals surface area contributed by atoms with Crippen molar-refractivity contribution in [2.45, 2.75) is 31.5 Å². The summed E-state index contributed by atoms with van der Waals surface area (Å²) in [4.78, 5) is 36.0. The number of methoxy groups -OCH3 is 1. The molecule has 2 aromatic rings. The summed E-state index contributed by atoms with van der Waals surface area (Å²) in [6.07, 6.45) is 4.42. The highest BCUT2D eigenvalue weighted by atomic mass is 19.1. The Kier molecular flexibility index (Phi) is 6.29. The lowest BCUT2D eigenvalue weighted by Gasteiger charge is -2.42. The summed E-state index contributed by atoms with van der Waals surface area (Å²) < 4.78 is 18.7. The Labute approximate surface area is 181 Å². The number of carbonyl (C=O) groups excluding carboxylic acids is 2. The van der Waals surface area contributed by atoms with Crippen LogP contribution in [0.1, 0.15) is 24.0 Å². The maximum Gasteiger partial charge on any atom is 0.328 e. The van der Waals surface area contributed by atoms with Gasteiger partial charge in [0.05, 0.1) is 13.2 Å². The molecule has 3 heterocycles. The maximum atomic E-state index is 13.5. The molecule has 1 aromatic heterocycles. The molecule has 0 N–H and O–H groups in total. The van der Waals surface area contributed by atoms with Gasteiger partial charge in [0.1, 0.15) is 11.4 Å². The van der Waals surface area contributed by atoms with E-state index in [2.05, 4.69) is 9.88 Å². The van der Waals surface area contributed by atoms with Crippen LogP contribution in [0.15, 0.2) is 48.8 Å². The molecule has 0 atom stereocenters. The molecule has 1 aromatic carbocycles. The molecule has 31 heavy (non-hydrogen) atoms. The Morgan fingerprint density at radius 3 is 2.55 bits per heavy atom. The van der Waals surface area contributed by atoms with Crippen LogP contribution in [-0.2, 0) is 22.6 Å². The number of halogens is 1. The molecule has 2 saturated heterocycles. The van der Waals surface area contributed by atoms with Gasteiger partial charge in [-0.2, -0.15) is 0 Å². The lowest BCUT2D eigenvalue weighted by Crippen LogP contribution is -2.57. The molecule has 164 valence electrons. The number of rotatable bonds is 7. The highest BCUT2D eigenvalue weighted by Gasteiger charge is 2.57. The number of benzene rings is 1. The number of likely N-dealkylation sites (tertiary alicyclic amines) is 1. The molecule has 0 bridgehead atoms. The van der Waals surface area contributed by atoms with Crippen LogP contribution in [-0.4, -0.2) is 70.5 Å². The summed E-state index contributed by atoms with van der Waals surface area (Å²) in [6.45, 7) is 2.87. The second kappa shape index (κ2) is 9.11. The van der Waals surface area contributed by atoms with Gasteiger partial charge in [0.2, 0.25) is 0 Å². The molecule has 2 fully saturated rings. The Hall–Kier alpha value is -2.84. The van der Waals surface area contributed by atoms with Crippen molar-refractivity contribution in [3.8, 4) is 0 Å². The van der Waals surface area contributed by atoms with Crippen LogP contribution in [0.2, 0.25) is 0 Å². The average molecular weight is 426 g/mol. The Morgan fingerprint density at radius 2 is 1.87 bits per heavy atom. The van der Waals surface area contributed by atoms with Crippen LogP contribution in [0, 0.1) is 5.82 Å². The molecule has 0 radical (unpaired) electrons. The lowest BCUT2D eigenvalue weighted by molar-refractivity contribution is -0.136. The number of nitrogens with zero attached hydrogens (tertiary/aromatic N) is 4. The van der Waals surface area contributed by atoms with Gasteiger partial charge in [-0.05, 0) is 42.2 Å². The largest absolute Gasteiger partial charge is 0.383 e. The average Bonchev–Trinajstić information content (AvgIpc) is 2.96. The van der Waals surface area contributed by atoms with Crippen LogP contribution in [0.4, 0.5) is 9.18 Å². The lowest BCUT2D eigenvalue weighted by atomic mass is 9.85. The molecular formula is C23H27FN4O3. The highest BCUT2D eigenvalue weighted by Crippen LogP contribution is 2.38. The normalized spacial score (nSPS) is 18.9. The number of hydrogen-bond donors (Lipinski definition) is 0. The van der Waals surface area contributed by atoms with Gasteiger partial charge in [-0.25, -0.2) is 9.18 Å². The van der Waals surface area contributed by atoms with Gasteiger partial charge < -0.3 is 9.64 Å². The van der Waals surface area contributed by atoms with Gasteiger partial charge in [-0.1, -0.05) is 18.2 Å². The van der Waals surface area contributed by atoms with E-state index in [4.69, 9.17) is 4.74 Å². The third-order valence-electron chi connectivity index (χ3n) is 6.18. The summed E-state index contributed by atoms with van der Waals surface area (Å²) in [7, 11) is 1.59. The van der Waals surface area contributed by atoms with Gasteiger partial charge >= 0.3 is 6.03 Å². The molecule has 0 aliphatic carbocycles. The van der Waals surface area contributed by atoms with Crippen LogP contribution in [0.25, 0.3) is 0 Å². The standard InChI is InChI=1S/C23H27FN4O3/c1-31-13-12-28-22(30)27(17-19-5-3-9-25-15-19)21(29)23(28)7-10-26(11-8-23)16-18-4-2-6-20(24)14-18/h2-6,9,14-15H,7-8,10-13,16-17H2,1H3.